The first-order valence-electron chi connectivity index (χ1n) is 6.68. The summed E-state index contributed by atoms with van der Waals surface area (Å²) in [5, 5.41) is 3.32. The highest BCUT2D eigenvalue weighted by Gasteiger charge is 2.06. The average molecular weight is 257 g/mol. The van der Waals surface area contributed by atoms with Crippen molar-refractivity contribution in [2.24, 2.45) is 0 Å². The van der Waals surface area contributed by atoms with Crippen molar-refractivity contribution in [1.82, 2.24) is 5.32 Å². The normalized spacial score (nSPS) is 10.7. The van der Waals surface area contributed by atoms with Crippen molar-refractivity contribution in [3.05, 3.63) is 58.9 Å². The van der Waals surface area contributed by atoms with Crippen molar-refractivity contribution in [3.8, 4) is 11.1 Å². The predicted octanol–water partition coefficient (Wildman–Crippen LogP) is 4.22. The average Bonchev–Trinajstić information content (AvgIpc) is 2.41. The summed E-state index contributed by atoms with van der Waals surface area (Å²) in [6.45, 7) is 7.81. The smallest absolute Gasteiger partial charge is 0.126 e. The van der Waals surface area contributed by atoms with Crippen LogP contribution in [0.3, 0.4) is 0 Å². The minimum absolute atomic E-state index is 0.148. The number of benzene rings is 2. The molecule has 2 heteroatoms. The van der Waals surface area contributed by atoms with Gasteiger partial charge in [-0.3, -0.25) is 0 Å². The molecule has 0 aliphatic rings. The number of hydrogen-bond acceptors (Lipinski definition) is 1. The molecule has 2 rings (SSSR count). The zero-order chi connectivity index (χ0) is 13.8. The molecule has 0 heterocycles. The lowest BCUT2D eigenvalue weighted by Gasteiger charge is -2.10. The van der Waals surface area contributed by atoms with Gasteiger partial charge in [0.2, 0.25) is 0 Å². The predicted molar refractivity (Wildman–Crippen MR) is 78.7 cm³/mol. The Labute approximate surface area is 114 Å². The summed E-state index contributed by atoms with van der Waals surface area (Å²) in [6.07, 6.45) is 0. The van der Waals surface area contributed by atoms with Crippen LogP contribution < -0.4 is 5.32 Å². The minimum Gasteiger partial charge on any atom is -0.313 e. The first-order valence-corrected chi connectivity index (χ1v) is 6.68. The summed E-state index contributed by atoms with van der Waals surface area (Å²) in [4.78, 5) is 0. The monoisotopic (exact) mass is 257 g/mol. The molecular formula is C17H20FN. The topological polar surface area (TPSA) is 12.0 Å². The maximum Gasteiger partial charge on any atom is 0.126 e. The van der Waals surface area contributed by atoms with Gasteiger partial charge in [0.15, 0.2) is 0 Å². The second-order valence-corrected chi connectivity index (χ2v) is 4.89. The SMILES string of the molecule is CCNCc1ccc(C)c(-c2ccc(F)c(C)c2)c1. The Hall–Kier alpha value is -1.67. The fourth-order valence-corrected chi connectivity index (χ4v) is 2.17. The first kappa shape index (κ1) is 13.8. The highest BCUT2D eigenvalue weighted by atomic mass is 19.1. The molecule has 2 aromatic rings. The molecule has 0 radical (unpaired) electrons. The maximum atomic E-state index is 13.4. The summed E-state index contributed by atoms with van der Waals surface area (Å²) >= 11 is 0. The Morgan fingerprint density at radius 3 is 2.47 bits per heavy atom. The molecule has 0 atom stereocenters. The van der Waals surface area contributed by atoms with Crippen molar-refractivity contribution in [2.75, 3.05) is 6.54 Å². The van der Waals surface area contributed by atoms with Gasteiger partial charge >= 0.3 is 0 Å². The highest BCUT2D eigenvalue weighted by molar-refractivity contribution is 5.68. The zero-order valence-corrected chi connectivity index (χ0v) is 11.8. The number of rotatable bonds is 4. The molecule has 0 spiro atoms. The third kappa shape index (κ3) is 3.21. The highest BCUT2D eigenvalue weighted by Crippen LogP contribution is 2.26. The van der Waals surface area contributed by atoms with E-state index in [1.165, 1.54) is 16.7 Å². The van der Waals surface area contributed by atoms with E-state index in [0.717, 1.165) is 18.7 Å². The van der Waals surface area contributed by atoms with E-state index in [-0.39, 0.29) is 5.82 Å². The van der Waals surface area contributed by atoms with E-state index < -0.39 is 0 Å². The summed E-state index contributed by atoms with van der Waals surface area (Å²) in [7, 11) is 0. The van der Waals surface area contributed by atoms with Crippen LogP contribution in [0.5, 0.6) is 0 Å². The molecular weight excluding hydrogens is 237 g/mol. The molecule has 2 aromatic carbocycles. The minimum atomic E-state index is -0.148. The van der Waals surface area contributed by atoms with E-state index in [1.807, 2.05) is 12.1 Å². The Morgan fingerprint density at radius 1 is 1.00 bits per heavy atom. The van der Waals surface area contributed by atoms with Crippen LogP contribution in [0.15, 0.2) is 36.4 Å². The zero-order valence-electron chi connectivity index (χ0n) is 11.8. The number of nitrogens with one attached hydrogen (secondary N) is 1. The third-order valence-corrected chi connectivity index (χ3v) is 3.35. The molecule has 0 aliphatic carbocycles. The van der Waals surface area contributed by atoms with Crippen molar-refractivity contribution in [2.45, 2.75) is 27.3 Å². The van der Waals surface area contributed by atoms with Gasteiger partial charge in [-0.1, -0.05) is 25.1 Å². The second-order valence-electron chi connectivity index (χ2n) is 4.89. The molecule has 0 fully saturated rings. The van der Waals surface area contributed by atoms with Crippen LogP contribution in [0.1, 0.15) is 23.6 Å². The Bertz CT molecular complexity index is 575. The van der Waals surface area contributed by atoms with Crippen molar-refractivity contribution in [3.63, 3.8) is 0 Å². The van der Waals surface area contributed by atoms with E-state index in [1.54, 1.807) is 13.0 Å². The molecule has 100 valence electrons. The lowest BCUT2D eigenvalue weighted by Crippen LogP contribution is -2.11. The fraction of sp³-hybridized carbons (Fsp3) is 0.294. The van der Waals surface area contributed by atoms with Gasteiger partial charge in [0.25, 0.3) is 0 Å². The van der Waals surface area contributed by atoms with Crippen LogP contribution >= 0.6 is 0 Å². The molecule has 0 aromatic heterocycles. The number of hydrogen-bond donors (Lipinski definition) is 1. The van der Waals surface area contributed by atoms with Gasteiger partial charge in [-0.2, -0.15) is 0 Å². The lowest BCUT2D eigenvalue weighted by atomic mass is 9.97. The first-order chi connectivity index (χ1) is 9.11. The molecule has 1 nitrogen and oxygen atoms in total. The molecule has 19 heavy (non-hydrogen) atoms. The Morgan fingerprint density at radius 2 is 1.79 bits per heavy atom. The van der Waals surface area contributed by atoms with Crippen LogP contribution in [0.25, 0.3) is 11.1 Å². The van der Waals surface area contributed by atoms with E-state index in [2.05, 4.69) is 37.4 Å². The van der Waals surface area contributed by atoms with Crippen LogP contribution in [0.2, 0.25) is 0 Å². The Balaban J connectivity index is 2.39. The van der Waals surface area contributed by atoms with Crippen molar-refractivity contribution in [1.29, 1.82) is 0 Å². The maximum absolute atomic E-state index is 13.4. The van der Waals surface area contributed by atoms with Gasteiger partial charge in [-0.05, 0) is 66.4 Å². The van der Waals surface area contributed by atoms with Crippen molar-refractivity contribution >= 4 is 0 Å². The lowest BCUT2D eigenvalue weighted by molar-refractivity contribution is 0.619. The van der Waals surface area contributed by atoms with Gasteiger partial charge in [-0.25, -0.2) is 4.39 Å². The van der Waals surface area contributed by atoms with Crippen LogP contribution in [-0.4, -0.2) is 6.54 Å². The molecule has 0 unspecified atom stereocenters. The quantitative estimate of drug-likeness (QED) is 0.864. The van der Waals surface area contributed by atoms with Crippen LogP contribution in [-0.2, 0) is 6.54 Å². The summed E-state index contributed by atoms with van der Waals surface area (Å²) in [5.74, 6) is -0.148. The van der Waals surface area contributed by atoms with E-state index in [4.69, 9.17) is 0 Å². The largest absolute Gasteiger partial charge is 0.313 e. The molecule has 0 amide bonds. The van der Waals surface area contributed by atoms with Gasteiger partial charge < -0.3 is 5.32 Å². The molecule has 0 aliphatic heterocycles. The Kier molecular flexibility index (Phi) is 4.33. The fourth-order valence-electron chi connectivity index (χ4n) is 2.17. The van der Waals surface area contributed by atoms with Gasteiger partial charge in [0, 0.05) is 6.54 Å². The second kappa shape index (κ2) is 5.98. The van der Waals surface area contributed by atoms with E-state index in [0.29, 0.717) is 5.56 Å². The van der Waals surface area contributed by atoms with Gasteiger partial charge in [0.1, 0.15) is 5.82 Å². The third-order valence-electron chi connectivity index (χ3n) is 3.35. The summed E-state index contributed by atoms with van der Waals surface area (Å²) in [5.41, 5.74) is 5.41. The van der Waals surface area contributed by atoms with Gasteiger partial charge in [0.05, 0.1) is 0 Å². The summed E-state index contributed by atoms with van der Waals surface area (Å²) in [6, 6.07) is 11.8. The number of aryl methyl sites for hydroxylation is 2. The van der Waals surface area contributed by atoms with E-state index >= 15 is 0 Å². The van der Waals surface area contributed by atoms with Crippen molar-refractivity contribution < 1.29 is 4.39 Å². The molecule has 0 bridgehead atoms. The van der Waals surface area contributed by atoms with Crippen LogP contribution in [0, 0.1) is 19.7 Å². The molecule has 1 N–H and O–H groups in total. The van der Waals surface area contributed by atoms with Gasteiger partial charge in [-0.15, -0.1) is 0 Å². The number of halogens is 1. The van der Waals surface area contributed by atoms with E-state index in [9.17, 15) is 4.39 Å². The molecule has 0 saturated carbocycles. The molecule has 0 saturated heterocycles. The standard InChI is InChI=1S/C17H20FN/c1-4-19-11-14-6-5-12(2)16(10-14)15-7-8-17(18)13(3)9-15/h5-10,19H,4,11H2,1-3H3. The van der Waals surface area contributed by atoms with Crippen LogP contribution in [0.4, 0.5) is 4.39 Å². The summed E-state index contributed by atoms with van der Waals surface area (Å²) < 4.78 is 13.4.